The highest BCUT2D eigenvalue weighted by Crippen LogP contribution is 2.34. The van der Waals surface area contributed by atoms with E-state index in [2.05, 4.69) is 24.1 Å². The highest BCUT2D eigenvalue weighted by Gasteiger charge is 2.33. The number of nitrogens with one attached hydrogen (secondary N) is 1. The molecule has 0 bridgehead atoms. The highest BCUT2D eigenvalue weighted by molar-refractivity contribution is 5.78. The summed E-state index contributed by atoms with van der Waals surface area (Å²) in [6, 6.07) is 0.658. The van der Waals surface area contributed by atoms with Gasteiger partial charge in [0.15, 0.2) is 0 Å². The molecule has 1 fully saturated rings. The lowest BCUT2D eigenvalue weighted by atomic mass is 10.1. The quantitative estimate of drug-likeness (QED) is 0.594. The van der Waals surface area contributed by atoms with E-state index < -0.39 is 0 Å². The third-order valence-corrected chi connectivity index (χ3v) is 4.01. The van der Waals surface area contributed by atoms with Gasteiger partial charge >= 0.3 is 0 Å². The smallest absolute Gasteiger partial charge is 0.234 e. The van der Waals surface area contributed by atoms with E-state index in [0.717, 1.165) is 6.42 Å². The van der Waals surface area contributed by atoms with Crippen molar-refractivity contribution in [2.24, 2.45) is 11.7 Å². The lowest BCUT2D eigenvalue weighted by Crippen LogP contribution is -2.46. The minimum atomic E-state index is 0.130. The van der Waals surface area contributed by atoms with Gasteiger partial charge in [-0.05, 0) is 39.2 Å². The Morgan fingerprint density at radius 3 is 2.63 bits per heavy atom. The lowest BCUT2D eigenvalue weighted by Gasteiger charge is -2.27. The lowest BCUT2D eigenvalue weighted by molar-refractivity contribution is -0.123. The molecule has 0 spiro atoms. The Kier molecular flexibility index (Phi) is 7.39. The van der Waals surface area contributed by atoms with Crippen molar-refractivity contribution in [3.8, 4) is 0 Å². The maximum atomic E-state index is 12.0. The van der Waals surface area contributed by atoms with Crippen LogP contribution >= 0.6 is 0 Å². The summed E-state index contributed by atoms with van der Waals surface area (Å²) in [6.07, 6.45) is 7.27. The van der Waals surface area contributed by atoms with Crippen LogP contribution in [0.25, 0.3) is 0 Å². The third kappa shape index (κ3) is 6.39. The van der Waals surface area contributed by atoms with E-state index in [1.165, 1.54) is 32.1 Å². The molecule has 0 aromatic carbocycles. The van der Waals surface area contributed by atoms with E-state index in [0.29, 0.717) is 25.0 Å². The van der Waals surface area contributed by atoms with Crippen molar-refractivity contribution in [3.63, 3.8) is 0 Å². The van der Waals surface area contributed by atoms with E-state index in [-0.39, 0.29) is 11.9 Å². The molecule has 4 heteroatoms. The molecule has 1 rings (SSSR count). The fourth-order valence-electron chi connectivity index (χ4n) is 2.65. The zero-order valence-electron chi connectivity index (χ0n) is 12.8. The topological polar surface area (TPSA) is 58.4 Å². The summed E-state index contributed by atoms with van der Waals surface area (Å²) in [5.74, 6) is 0.843. The van der Waals surface area contributed by atoms with Crippen LogP contribution in [0, 0.1) is 5.92 Å². The molecular formula is C15H31N3O. The molecule has 4 nitrogen and oxygen atoms in total. The summed E-state index contributed by atoms with van der Waals surface area (Å²) in [4.78, 5) is 14.1. The number of carbonyl (C=O) groups is 1. The Hall–Kier alpha value is -0.610. The van der Waals surface area contributed by atoms with Crippen molar-refractivity contribution in [2.45, 2.75) is 64.5 Å². The van der Waals surface area contributed by atoms with Crippen LogP contribution in [-0.2, 0) is 4.79 Å². The second kappa shape index (κ2) is 8.54. The summed E-state index contributed by atoms with van der Waals surface area (Å²) in [7, 11) is 2.01. The van der Waals surface area contributed by atoms with Gasteiger partial charge in [-0.15, -0.1) is 0 Å². The van der Waals surface area contributed by atoms with E-state index in [1.807, 2.05) is 7.05 Å². The first-order valence-electron chi connectivity index (χ1n) is 7.78. The maximum absolute atomic E-state index is 12.0. The van der Waals surface area contributed by atoms with Crippen molar-refractivity contribution >= 4 is 5.91 Å². The zero-order chi connectivity index (χ0) is 14.3. The van der Waals surface area contributed by atoms with Crippen molar-refractivity contribution in [2.75, 3.05) is 20.1 Å². The number of carbonyl (C=O) groups excluding carboxylic acids is 1. The number of nitrogens with zero attached hydrogens (tertiary/aromatic N) is 1. The first-order valence-corrected chi connectivity index (χ1v) is 7.78. The van der Waals surface area contributed by atoms with E-state index in [9.17, 15) is 4.79 Å². The van der Waals surface area contributed by atoms with Crippen LogP contribution in [0.15, 0.2) is 0 Å². The molecule has 1 amide bonds. The van der Waals surface area contributed by atoms with Crippen molar-refractivity contribution in [1.82, 2.24) is 10.2 Å². The molecule has 2 atom stereocenters. The minimum Gasteiger partial charge on any atom is -0.353 e. The third-order valence-electron chi connectivity index (χ3n) is 4.01. The van der Waals surface area contributed by atoms with Crippen LogP contribution in [0.5, 0.6) is 0 Å². The van der Waals surface area contributed by atoms with Gasteiger partial charge in [-0.2, -0.15) is 0 Å². The van der Waals surface area contributed by atoms with Gasteiger partial charge in [-0.3, -0.25) is 9.69 Å². The predicted octanol–water partition coefficient (Wildman–Crippen LogP) is 1.74. The van der Waals surface area contributed by atoms with Crippen LogP contribution in [0.1, 0.15) is 52.4 Å². The summed E-state index contributed by atoms with van der Waals surface area (Å²) < 4.78 is 0. The fraction of sp³-hybridized carbons (Fsp3) is 0.933. The molecule has 0 saturated heterocycles. The van der Waals surface area contributed by atoms with Crippen molar-refractivity contribution in [1.29, 1.82) is 0 Å². The first kappa shape index (κ1) is 16.4. The van der Waals surface area contributed by atoms with Gasteiger partial charge in [0, 0.05) is 18.6 Å². The molecule has 1 aliphatic rings. The second-order valence-electron chi connectivity index (χ2n) is 6.02. The van der Waals surface area contributed by atoms with Gasteiger partial charge in [-0.1, -0.05) is 26.2 Å². The Balaban J connectivity index is 2.21. The van der Waals surface area contributed by atoms with Gasteiger partial charge < -0.3 is 11.1 Å². The van der Waals surface area contributed by atoms with Crippen molar-refractivity contribution < 1.29 is 4.79 Å². The largest absolute Gasteiger partial charge is 0.353 e. The van der Waals surface area contributed by atoms with E-state index in [1.54, 1.807) is 0 Å². The highest BCUT2D eigenvalue weighted by atomic mass is 16.2. The maximum Gasteiger partial charge on any atom is 0.234 e. The van der Waals surface area contributed by atoms with Crippen LogP contribution < -0.4 is 11.1 Å². The standard InChI is InChI=1S/C15H31N3O/c1-4-5-6-7-12(2)17-15(19)11-18(3)14(10-16)13-8-9-13/h12-14H,4-11,16H2,1-3H3,(H,17,19). The van der Waals surface area contributed by atoms with E-state index >= 15 is 0 Å². The summed E-state index contributed by atoms with van der Waals surface area (Å²) in [5, 5.41) is 3.09. The van der Waals surface area contributed by atoms with Crippen LogP contribution in [0.2, 0.25) is 0 Å². The number of rotatable bonds is 10. The number of hydrogen-bond acceptors (Lipinski definition) is 3. The molecule has 0 aliphatic heterocycles. The van der Waals surface area contributed by atoms with Gasteiger partial charge in [0.05, 0.1) is 6.54 Å². The minimum absolute atomic E-state index is 0.130. The molecule has 0 radical (unpaired) electrons. The average Bonchev–Trinajstić information content (AvgIpc) is 3.14. The summed E-state index contributed by atoms with van der Waals surface area (Å²) in [5.41, 5.74) is 5.80. The predicted molar refractivity (Wildman–Crippen MR) is 79.9 cm³/mol. The monoisotopic (exact) mass is 269 g/mol. The molecule has 19 heavy (non-hydrogen) atoms. The molecule has 2 unspecified atom stereocenters. The summed E-state index contributed by atoms with van der Waals surface area (Å²) >= 11 is 0. The van der Waals surface area contributed by atoms with Crippen LogP contribution in [0.4, 0.5) is 0 Å². The molecule has 112 valence electrons. The van der Waals surface area contributed by atoms with Gasteiger partial charge in [0.2, 0.25) is 5.91 Å². The molecule has 3 N–H and O–H groups in total. The molecule has 1 aliphatic carbocycles. The van der Waals surface area contributed by atoms with E-state index in [4.69, 9.17) is 5.73 Å². The fourth-order valence-corrected chi connectivity index (χ4v) is 2.65. The number of amides is 1. The second-order valence-corrected chi connectivity index (χ2v) is 6.02. The number of unbranched alkanes of at least 4 members (excludes halogenated alkanes) is 2. The van der Waals surface area contributed by atoms with Gasteiger partial charge in [0.25, 0.3) is 0 Å². The van der Waals surface area contributed by atoms with Gasteiger partial charge in [0.1, 0.15) is 0 Å². The molecule has 0 aromatic heterocycles. The summed E-state index contributed by atoms with van der Waals surface area (Å²) in [6.45, 7) is 5.41. The van der Waals surface area contributed by atoms with Gasteiger partial charge in [-0.25, -0.2) is 0 Å². The Labute approximate surface area is 118 Å². The Bertz CT molecular complexity index is 266. The number of likely N-dealkylation sites (N-methyl/N-ethyl adjacent to an activating group) is 1. The number of hydrogen-bond donors (Lipinski definition) is 2. The van der Waals surface area contributed by atoms with Crippen molar-refractivity contribution in [3.05, 3.63) is 0 Å². The average molecular weight is 269 g/mol. The normalized spacial score (nSPS) is 18.4. The molecule has 0 aromatic rings. The first-order chi connectivity index (χ1) is 9.08. The Morgan fingerprint density at radius 2 is 2.11 bits per heavy atom. The molecule has 1 saturated carbocycles. The van der Waals surface area contributed by atoms with Crippen LogP contribution in [0.3, 0.4) is 0 Å². The molecular weight excluding hydrogens is 238 g/mol. The number of nitrogens with two attached hydrogens (primary N) is 1. The Morgan fingerprint density at radius 1 is 1.42 bits per heavy atom. The molecule has 0 heterocycles. The zero-order valence-corrected chi connectivity index (χ0v) is 12.8. The SMILES string of the molecule is CCCCCC(C)NC(=O)CN(C)C(CN)C1CC1. The van der Waals surface area contributed by atoms with Crippen LogP contribution in [-0.4, -0.2) is 43.0 Å².